The Kier molecular flexibility index (Phi) is 7.20. The molecule has 1 saturated carbocycles. The quantitative estimate of drug-likeness (QED) is 0.381. The van der Waals surface area contributed by atoms with Gasteiger partial charge in [0.15, 0.2) is 0 Å². The van der Waals surface area contributed by atoms with Crippen molar-refractivity contribution < 1.29 is 29.0 Å². The molecule has 0 amide bonds. The summed E-state index contributed by atoms with van der Waals surface area (Å²) in [5.41, 5.74) is 1.58. The van der Waals surface area contributed by atoms with E-state index in [-0.39, 0.29) is 34.6 Å². The molecule has 5 atom stereocenters. The molecule has 1 N–H and O–H groups in total. The Morgan fingerprint density at radius 2 is 1.73 bits per heavy atom. The van der Waals surface area contributed by atoms with Crippen LogP contribution in [-0.2, 0) is 23.9 Å². The molecule has 0 bridgehead atoms. The van der Waals surface area contributed by atoms with Gasteiger partial charge < -0.3 is 14.6 Å². The molecule has 2 rings (SSSR count). The Hall–Kier alpha value is -2.11. The molecule has 0 aromatic heterocycles. The number of aliphatic carboxylic acids is 1. The third-order valence-corrected chi connectivity index (χ3v) is 7.23. The second kappa shape index (κ2) is 8.94. The highest BCUT2D eigenvalue weighted by molar-refractivity contribution is 5.80. The van der Waals surface area contributed by atoms with Crippen LogP contribution in [0.2, 0.25) is 0 Å². The predicted octanol–water partition coefficient (Wildman–Crippen LogP) is 4.68. The average molecular weight is 421 g/mol. The van der Waals surface area contributed by atoms with Gasteiger partial charge in [-0.3, -0.25) is 9.59 Å². The van der Waals surface area contributed by atoms with Gasteiger partial charge in [-0.05, 0) is 56.8 Å². The van der Waals surface area contributed by atoms with Crippen molar-refractivity contribution in [1.82, 2.24) is 0 Å². The van der Waals surface area contributed by atoms with E-state index < -0.39 is 18.2 Å². The number of hydrogen-bond donors (Lipinski definition) is 1. The first-order valence-corrected chi connectivity index (χ1v) is 10.7. The minimum atomic E-state index is -0.926. The fourth-order valence-electron chi connectivity index (χ4n) is 6.07. The van der Waals surface area contributed by atoms with E-state index in [1.54, 1.807) is 0 Å². The van der Waals surface area contributed by atoms with E-state index in [9.17, 15) is 14.4 Å². The third kappa shape index (κ3) is 4.96. The Morgan fingerprint density at radius 1 is 1.13 bits per heavy atom. The molecule has 2 aliphatic rings. The molecule has 0 spiro atoms. The lowest BCUT2D eigenvalue weighted by Gasteiger charge is -2.60. The highest BCUT2D eigenvalue weighted by Gasteiger charge is 2.60. The van der Waals surface area contributed by atoms with Crippen molar-refractivity contribution >= 4 is 17.9 Å². The van der Waals surface area contributed by atoms with Gasteiger partial charge in [-0.1, -0.05) is 38.0 Å². The number of esters is 2. The first-order valence-electron chi connectivity index (χ1n) is 10.7. The summed E-state index contributed by atoms with van der Waals surface area (Å²) in [7, 11) is 0. The summed E-state index contributed by atoms with van der Waals surface area (Å²) < 4.78 is 11.4. The maximum Gasteiger partial charge on any atom is 0.328 e. The molecule has 5 unspecified atom stereocenters. The minimum absolute atomic E-state index is 0.164. The van der Waals surface area contributed by atoms with E-state index in [2.05, 4.69) is 33.8 Å². The third-order valence-electron chi connectivity index (χ3n) is 7.23. The summed E-state index contributed by atoms with van der Waals surface area (Å²) in [6.45, 7) is 13.2. The van der Waals surface area contributed by atoms with E-state index in [0.717, 1.165) is 18.4 Å². The number of fused-ring (bicyclic) bond motifs is 1. The highest BCUT2D eigenvalue weighted by Crippen LogP contribution is 2.61. The largest absolute Gasteiger partial charge is 0.478 e. The predicted molar refractivity (Wildman–Crippen MR) is 114 cm³/mol. The zero-order valence-corrected chi connectivity index (χ0v) is 19.3. The van der Waals surface area contributed by atoms with Crippen LogP contribution in [0.1, 0.15) is 74.1 Å². The maximum atomic E-state index is 11.8. The number of rotatable bonds is 6. The number of carbonyl (C=O) groups is 3. The van der Waals surface area contributed by atoms with Gasteiger partial charge in [-0.15, -0.1) is 0 Å². The topological polar surface area (TPSA) is 89.9 Å². The number of hydrogen-bond acceptors (Lipinski definition) is 5. The Morgan fingerprint density at radius 3 is 2.27 bits per heavy atom. The van der Waals surface area contributed by atoms with Crippen LogP contribution < -0.4 is 0 Å². The molecule has 0 aromatic carbocycles. The summed E-state index contributed by atoms with van der Waals surface area (Å²) in [6, 6.07) is 0. The van der Waals surface area contributed by atoms with E-state index in [1.807, 2.05) is 6.92 Å². The Bertz CT molecular complexity index is 762. The molecule has 1 fully saturated rings. The molecule has 6 nitrogen and oxygen atoms in total. The summed E-state index contributed by atoms with van der Waals surface area (Å²) in [5, 5.41) is 9.02. The van der Waals surface area contributed by atoms with Crippen LogP contribution in [0.4, 0.5) is 0 Å². The van der Waals surface area contributed by atoms with Gasteiger partial charge in [0.1, 0.15) is 12.2 Å². The van der Waals surface area contributed by atoms with Gasteiger partial charge in [0, 0.05) is 25.3 Å². The number of allylic oxidation sites excluding steroid dienone is 3. The number of carboxylic acid groups (broad SMARTS) is 1. The molecule has 0 heterocycles. The first-order chi connectivity index (χ1) is 13.8. The van der Waals surface area contributed by atoms with Gasteiger partial charge >= 0.3 is 17.9 Å². The molecule has 6 heteroatoms. The van der Waals surface area contributed by atoms with E-state index >= 15 is 0 Å². The number of carbonyl (C=O) groups excluding carboxylic acids is 2. The van der Waals surface area contributed by atoms with Crippen molar-refractivity contribution in [3.05, 3.63) is 23.3 Å². The zero-order chi connectivity index (χ0) is 22.9. The smallest absolute Gasteiger partial charge is 0.328 e. The second-order valence-corrected chi connectivity index (χ2v) is 9.87. The number of ether oxygens (including phenoxy) is 2. The number of carboxylic acids is 1. The zero-order valence-electron chi connectivity index (χ0n) is 19.3. The lowest BCUT2D eigenvalue weighted by molar-refractivity contribution is -0.212. The van der Waals surface area contributed by atoms with Crippen molar-refractivity contribution in [2.24, 2.45) is 22.7 Å². The molecule has 0 aliphatic heterocycles. The van der Waals surface area contributed by atoms with Crippen molar-refractivity contribution in [2.45, 2.75) is 86.4 Å². The lowest BCUT2D eigenvalue weighted by Crippen LogP contribution is -2.61. The van der Waals surface area contributed by atoms with Crippen LogP contribution in [0.15, 0.2) is 23.3 Å². The van der Waals surface area contributed by atoms with Crippen LogP contribution in [0.5, 0.6) is 0 Å². The van der Waals surface area contributed by atoms with Gasteiger partial charge in [0.25, 0.3) is 0 Å². The van der Waals surface area contributed by atoms with E-state index in [0.29, 0.717) is 12.8 Å². The summed E-state index contributed by atoms with van der Waals surface area (Å²) in [4.78, 5) is 34.7. The normalized spacial score (nSPS) is 33.2. The molecule has 168 valence electrons. The molecule has 0 saturated heterocycles. The van der Waals surface area contributed by atoms with Crippen molar-refractivity contribution in [1.29, 1.82) is 0 Å². The Balaban J connectivity index is 2.42. The fraction of sp³-hybridized carbons (Fsp3) is 0.708. The van der Waals surface area contributed by atoms with E-state index in [4.69, 9.17) is 14.6 Å². The average Bonchev–Trinajstić information content (AvgIpc) is 2.56. The second-order valence-electron chi connectivity index (χ2n) is 9.87. The van der Waals surface area contributed by atoms with Crippen LogP contribution >= 0.6 is 0 Å². The molecule has 0 radical (unpaired) electrons. The summed E-state index contributed by atoms with van der Waals surface area (Å²) >= 11 is 0. The standard InChI is InChI=1S/C24H36O6/c1-14(12-21(27)28)8-10-18-15(2)9-11-20-23(5,6)22(30-17(4)26)19(29-16(3)25)13-24(18,20)7/h9,12,18-20,22H,8,10-11,13H2,1-7H3,(H,27,28). The molecule has 2 aliphatic carbocycles. The summed E-state index contributed by atoms with van der Waals surface area (Å²) in [5.74, 6) is -1.22. The highest BCUT2D eigenvalue weighted by atomic mass is 16.6. The molecular weight excluding hydrogens is 384 g/mol. The Labute approximate surface area is 179 Å². The van der Waals surface area contributed by atoms with Gasteiger partial charge in [0.05, 0.1) is 0 Å². The fourth-order valence-corrected chi connectivity index (χ4v) is 6.07. The van der Waals surface area contributed by atoms with Crippen LogP contribution in [-0.4, -0.2) is 35.2 Å². The van der Waals surface area contributed by atoms with E-state index in [1.165, 1.54) is 25.5 Å². The van der Waals surface area contributed by atoms with Crippen molar-refractivity contribution in [2.75, 3.05) is 0 Å². The lowest BCUT2D eigenvalue weighted by atomic mass is 9.46. The molecule has 30 heavy (non-hydrogen) atoms. The van der Waals surface area contributed by atoms with Gasteiger partial charge in [0.2, 0.25) is 0 Å². The molecular formula is C24H36O6. The first kappa shape index (κ1) is 24.2. The van der Waals surface area contributed by atoms with Crippen molar-refractivity contribution in [3.8, 4) is 0 Å². The summed E-state index contributed by atoms with van der Waals surface area (Å²) in [6.07, 6.45) is 5.53. The van der Waals surface area contributed by atoms with Crippen LogP contribution in [0, 0.1) is 22.7 Å². The maximum absolute atomic E-state index is 11.8. The van der Waals surface area contributed by atoms with Gasteiger partial charge in [-0.2, -0.15) is 0 Å². The molecule has 0 aromatic rings. The van der Waals surface area contributed by atoms with Crippen molar-refractivity contribution in [3.63, 3.8) is 0 Å². The van der Waals surface area contributed by atoms with Crippen LogP contribution in [0.25, 0.3) is 0 Å². The minimum Gasteiger partial charge on any atom is -0.478 e. The SMILES string of the molecule is CC(=O)OC1CC2(C)C(CCC(C)=CC(=O)O)C(C)=CCC2C(C)(C)C1OC(C)=O. The monoisotopic (exact) mass is 420 g/mol. The van der Waals surface area contributed by atoms with Crippen LogP contribution in [0.3, 0.4) is 0 Å². The van der Waals surface area contributed by atoms with Gasteiger partial charge in [-0.25, -0.2) is 4.79 Å².